The van der Waals surface area contributed by atoms with Crippen LogP contribution in [0.2, 0.25) is 0 Å². The number of aromatic carboxylic acids is 1. The molecule has 1 aromatic carbocycles. The molecule has 0 radical (unpaired) electrons. The number of aromatic nitrogens is 2. The molecular weight excluding hydrogens is 248 g/mol. The number of hydrogen-bond donors (Lipinski definition) is 1. The van der Waals surface area contributed by atoms with Crippen LogP contribution in [0.5, 0.6) is 0 Å². The average Bonchev–Trinajstić information content (AvgIpc) is 2.93. The van der Waals surface area contributed by atoms with Crippen molar-refractivity contribution in [2.75, 3.05) is 0 Å². The molecule has 0 unspecified atom stereocenters. The van der Waals surface area contributed by atoms with Crippen LogP contribution in [0, 0.1) is 0 Å². The maximum Gasteiger partial charge on any atom is 0.337 e. The lowest BCUT2D eigenvalue weighted by Crippen LogP contribution is -1.99. The third kappa shape index (κ3) is 1.60. The predicted molar refractivity (Wildman–Crippen MR) is 71.0 cm³/mol. The lowest BCUT2D eigenvalue weighted by molar-refractivity contribution is 0.0700. The van der Waals surface area contributed by atoms with Crippen molar-refractivity contribution in [3.63, 3.8) is 0 Å². The number of rotatable bonds is 2. The molecule has 0 fully saturated rings. The number of fused-ring (bicyclic) bond motifs is 1. The van der Waals surface area contributed by atoms with E-state index in [1.807, 2.05) is 29.0 Å². The molecule has 2 heterocycles. The molecule has 0 aliphatic heterocycles. The molecule has 2 aromatic heterocycles. The molecule has 4 nitrogen and oxygen atoms in total. The number of benzene rings is 1. The second-order valence-electron chi connectivity index (χ2n) is 4.04. The van der Waals surface area contributed by atoms with E-state index in [1.165, 1.54) is 0 Å². The molecule has 0 aliphatic carbocycles. The van der Waals surface area contributed by atoms with Crippen LogP contribution in [0.4, 0.5) is 0 Å². The van der Waals surface area contributed by atoms with Crippen LogP contribution in [0.25, 0.3) is 22.0 Å². The van der Waals surface area contributed by atoms with Gasteiger partial charge in [-0.3, -0.25) is 4.68 Å². The highest BCUT2D eigenvalue weighted by molar-refractivity contribution is 7.08. The minimum atomic E-state index is -0.921. The molecule has 0 atom stereocenters. The van der Waals surface area contributed by atoms with Gasteiger partial charge in [-0.25, -0.2) is 4.79 Å². The van der Waals surface area contributed by atoms with Crippen LogP contribution in [-0.2, 0) is 7.05 Å². The minimum absolute atomic E-state index is 0.319. The van der Waals surface area contributed by atoms with Gasteiger partial charge in [0.1, 0.15) is 0 Å². The third-order valence-corrected chi connectivity index (χ3v) is 3.53. The van der Waals surface area contributed by atoms with E-state index in [4.69, 9.17) is 0 Å². The fourth-order valence-electron chi connectivity index (χ4n) is 2.10. The number of carbonyl (C=O) groups is 1. The van der Waals surface area contributed by atoms with Crippen molar-refractivity contribution in [1.82, 2.24) is 9.78 Å². The van der Waals surface area contributed by atoms with Crippen molar-refractivity contribution < 1.29 is 9.90 Å². The standard InChI is InChI=1S/C13H10N2O2S/c1-15-6-10-11(14-15)3-2-9(12(10)13(16)17)8-4-5-18-7-8/h2-7H,1H3,(H,16,17). The van der Waals surface area contributed by atoms with Crippen LogP contribution in [0.1, 0.15) is 10.4 Å². The first-order valence-corrected chi connectivity index (χ1v) is 6.33. The Balaban J connectivity index is 2.38. The molecule has 90 valence electrons. The maximum absolute atomic E-state index is 11.5. The Bertz CT molecular complexity index is 729. The van der Waals surface area contributed by atoms with Crippen molar-refractivity contribution in [3.8, 4) is 11.1 Å². The van der Waals surface area contributed by atoms with E-state index in [1.54, 1.807) is 29.3 Å². The van der Waals surface area contributed by atoms with Gasteiger partial charge in [0, 0.05) is 18.6 Å². The van der Waals surface area contributed by atoms with Gasteiger partial charge in [0.15, 0.2) is 0 Å². The number of carboxylic acids is 1. The Hall–Kier alpha value is -2.14. The van der Waals surface area contributed by atoms with Crippen LogP contribution in [-0.4, -0.2) is 20.9 Å². The Kier molecular flexibility index (Phi) is 2.41. The van der Waals surface area contributed by atoms with Crippen LogP contribution in [0.3, 0.4) is 0 Å². The summed E-state index contributed by atoms with van der Waals surface area (Å²) in [5, 5.41) is 18.2. The molecule has 18 heavy (non-hydrogen) atoms. The van der Waals surface area contributed by atoms with Gasteiger partial charge in [0.05, 0.1) is 11.1 Å². The van der Waals surface area contributed by atoms with Crippen molar-refractivity contribution >= 4 is 28.2 Å². The molecule has 5 heteroatoms. The number of nitrogens with zero attached hydrogens (tertiary/aromatic N) is 2. The highest BCUT2D eigenvalue weighted by Gasteiger charge is 2.17. The first-order chi connectivity index (χ1) is 8.66. The van der Waals surface area contributed by atoms with Crippen LogP contribution in [0.15, 0.2) is 35.2 Å². The fraction of sp³-hybridized carbons (Fsp3) is 0.0769. The lowest BCUT2D eigenvalue weighted by atomic mass is 9.99. The van der Waals surface area contributed by atoms with Gasteiger partial charge < -0.3 is 5.11 Å². The normalized spacial score (nSPS) is 10.9. The van der Waals surface area contributed by atoms with Gasteiger partial charge in [-0.1, -0.05) is 6.07 Å². The molecular formula is C13H10N2O2S. The van der Waals surface area contributed by atoms with Crippen LogP contribution >= 0.6 is 11.3 Å². The monoisotopic (exact) mass is 258 g/mol. The predicted octanol–water partition coefficient (Wildman–Crippen LogP) is 3.00. The van der Waals surface area contributed by atoms with Crippen molar-refractivity contribution in [3.05, 3.63) is 40.7 Å². The minimum Gasteiger partial charge on any atom is -0.478 e. The Labute approximate surface area is 107 Å². The first kappa shape index (κ1) is 11.0. The highest BCUT2D eigenvalue weighted by Crippen LogP contribution is 2.31. The molecule has 3 aromatic rings. The lowest BCUT2D eigenvalue weighted by Gasteiger charge is -2.04. The summed E-state index contributed by atoms with van der Waals surface area (Å²) in [5.74, 6) is -0.921. The molecule has 3 rings (SSSR count). The maximum atomic E-state index is 11.5. The van der Waals surface area contributed by atoms with Gasteiger partial charge in [0.25, 0.3) is 0 Å². The van der Waals surface area contributed by atoms with Crippen molar-refractivity contribution in [2.45, 2.75) is 0 Å². The summed E-state index contributed by atoms with van der Waals surface area (Å²) >= 11 is 1.55. The molecule has 0 bridgehead atoms. The van der Waals surface area contributed by atoms with Gasteiger partial charge in [0.2, 0.25) is 0 Å². The van der Waals surface area contributed by atoms with E-state index in [-0.39, 0.29) is 0 Å². The number of hydrogen-bond acceptors (Lipinski definition) is 3. The summed E-state index contributed by atoms with van der Waals surface area (Å²) in [6.45, 7) is 0. The van der Waals surface area contributed by atoms with E-state index in [9.17, 15) is 9.90 Å². The molecule has 0 saturated carbocycles. The molecule has 0 spiro atoms. The zero-order chi connectivity index (χ0) is 12.7. The molecule has 0 saturated heterocycles. The van der Waals surface area contributed by atoms with Gasteiger partial charge >= 0.3 is 5.97 Å². The van der Waals surface area contributed by atoms with Gasteiger partial charge in [-0.2, -0.15) is 16.4 Å². The highest BCUT2D eigenvalue weighted by atomic mass is 32.1. The fourth-order valence-corrected chi connectivity index (χ4v) is 2.76. The zero-order valence-electron chi connectivity index (χ0n) is 9.62. The van der Waals surface area contributed by atoms with Crippen molar-refractivity contribution in [2.24, 2.45) is 7.05 Å². The summed E-state index contributed by atoms with van der Waals surface area (Å²) in [6.07, 6.45) is 1.74. The summed E-state index contributed by atoms with van der Waals surface area (Å²) < 4.78 is 1.63. The van der Waals surface area contributed by atoms with E-state index in [0.717, 1.165) is 11.1 Å². The Morgan fingerprint density at radius 1 is 1.39 bits per heavy atom. The largest absolute Gasteiger partial charge is 0.478 e. The van der Waals surface area contributed by atoms with E-state index in [0.29, 0.717) is 16.5 Å². The second-order valence-corrected chi connectivity index (χ2v) is 4.82. The summed E-state index contributed by atoms with van der Waals surface area (Å²) in [4.78, 5) is 11.5. The SMILES string of the molecule is Cn1cc2c(C(=O)O)c(-c3ccsc3)ccc2n1. The van der Waals surface area contributed by atoms with E-state index in [2.05, 4.69) is 5.10 Å². The number of carboxylic acid groups (broad SMARTS) is 1. The first-order valence-electron chi connectivity index (χ1n) is 5.39. The Morgan fingerprint density at radius 3 is 2.89 bits per heavy atom. The number of aryl methyl sites for hydroxylation is 1. The third-order valence-electron chi connectivity index (χ3n) is 2.85. The topological polar surface area (TPSA) is 55.1 Å². The van der Waals surface area contributed by atoms with Gasteiger partial charge in [-0.05, 0) is 34.0 Å². The number of thiophene rings is 1. The zero-order valence-corrected chi connectivity index (χ0v) is 10.4. The second kappa shape index (κ2) is 3.96. The quantitative estimate of drug-likeness (QED) is 0.768. The van der Waals surface area contributed by atoms with Gasteiger partial charge in [-0.15, -0.1) is 0 Å². The Morgan fingerprint density at radius 2 is 2.22 bits per heavy atom. The van der Waals surface area contributed by atoms with E-state index >= 15 is 0 Å². The van der Waals surface area contributed by atoms with Crippen molar-refractivity contribution in [1.29, 1.82) is 0 Å². The summed E-state index contributed by atoms with van der Waals surface area (Å²) in [6, 6.07) is 5.60. The summed E-state index contributed by atoms with van der Waals surface area (Å²) in [5.41, 5.74) is 2.69. The van der Waals surface area contributed by atoms with Crippen LogP contribution < -0.4 is 0 Å². The molecule has 1 N–H and O–H groups in total. The smallest absolute Gasteiger partial charge is 0.337 e. The average molecular weight is 258 g/mol. The molecule has 0 aliphatic rings. The molecule has 0 amide bonds. The summed E-state index contributed by atoms with van der Waals surface area (Å²) in [7, 11) is 1.79. The van der Waals surface area contributed by atoms with E-state index < -0.39 is 5.97 Å².